The van der Waals surface area contributed by atoms with E-state index in [4.69, 9.17) is 9.84 Å². The number of carboxylic acid groups (broad SMARTS) is 1. The summed E-state index contributed by atoms with van der Waals surface area (Å²) in [5.41, 5.74) is 0. The highest BCUT2D eigenvalue weighted by Crippen LogP contribution is 2.01. The first-order chi connectivity index (χ1) is 7.99. The van der Waals surface area contributed by atoms with Crippen molar-refractivity contribution in [1.82, 2.24) is 5.32 Å². The zero-order chi connectivity index (χ0) is 13.3. The van der Waals surface area contributed by atoms with Crippen molar-refractivity contribution >= 4 is 11.9 Å². The SMILES string of the molecule is CCCCCOCC(=O)N[C@@H](C(=O)O)C(C)C. The third-order valence-electron chi connectivity index (χ3n) is 2.37. The molecule has 0 aromatic heterocycles. The first-order valence-electron chi connectivity index (χ1n) is 6.09. The Hall–Kier alpha value is -1.10. The summed E-state index contributed by atoms with van der Waals surface area (Å²) in [5.74, 6) is -1.53. The minimum atomic E-state index is -1.01. The highest BCUT2D eigenvalue weighted by molar-refractivity contribution is 5.84. The molecule has 0 unspecified atom stereocenters. The van der Waals surface area contributed by atoms with Gasteiger partial charge in [0, 0.05) is 6.61 Å². The molecule has 0 saturated carbocycles. The lowest BCUT2D eigenvalue weighted by molar-refractivity contribution is -0.143. The third kappa shape index (κ3) is 7.74. The average Bonchev–Trinajstić information content (AvgIpc) is 2.24. The number of ether oxygens (including phenoxy) is 1. The van der Waals surface area contributed by atoms with Crippen molar-refractivity contribution in [2.24, 2.45) is 5.92 Å². The molecule has 0 aliphatic rings. The molecule has 2 N–H and O–H groups in total. The predicted molar refractivity (Wildman–Crippen MR) is 64.7 cm³/mol. The first-order valence-corrected chi connectivity index (χ1v) is 6.09. The van der Waals surface area contributed by atoms with Gasteiger partial charge in [-0.05, 0) is 12.3 Å². The number of rotatable bonds is 9. The lowest BCUT2D eigenvalue weighted by Gasteiger charge is -2.17. The summed E-state index contributed by atoms with van der Waals surface area (Å²) in [6.45, 7) is 6.07. The maximum absolute atomic E-state index is 11.4. The first kappa shape index (κ1) is 15.9. The molecular formula is C12H23NO4. The molecule has 0 radical (unpaired) electrons. The maximum Gasteiger partial charge on any atom is 0.326 e. The molecule has 0 aliphatic carbocycles. The van der Waals surface area contributed by atoms with E-state index in [0.717, 1.165) is 19.3 Å². The van der Waals surface area contributed by atoms with E-state index >= 15 is 0 Å². The molecule has 17 heavy (non-hydrogen) atoms. The summed E-state index contributed by atoms with van der Waals surface area (Å²) >= 11 is 0. The Balaban J connectivity index is 3.80. The monoisotopic (exact) mass is 245 g/mol. The number of carboxylic acids is 1. The molecule has 0 saturated heterocycles. The van der Waals surface area contributed by atoms with Crippen LogP contribution >= 0.6 is 0 Å². The van der Waals surface area contributed by atoms with Crippen molar-refractivity contribution in [3.05, 3.63) is 0 Å². The van der Waals surface area contributed by atoms with Gasteiger partial charge in [-0.3, -0.25) is 4.79 Å². The number of aliphatic carboxylic acids is 1. The van der Waals surface area contributed by atoms with Gasteiger partial charge in [-0.15, -0.1) is 0 Å². The number of hydrogen-bond acceptors (Lipinski definition) is 3. The van der Waals surface area contributed by atoms with Crippen LogP contribution in [0.2, 0.25) is 0 Å². The fourth-order valence-electron chi connectivity index (χ4n) is 1.35. The zero-order valence-electron chi connectivity index (χ0n) is 10.9. The second kappa shape index (κ2) is 8.98. The van der Waals surface area contributed by atoms with Crippen LogP contribution in [-0.2, 0) is 14.3 Å². The average molecular weight is 245 g/mol. The molecule has 0 bridgehead atoms. The van der Waals surface area contributed by atoms with Crippen LogP contribution in [-0.4, -0.2) is 36.2 Å². The number of carbonyl (C=O) groups excluding carboxylic acids is 1. The van der Waals surface area contributed by atoms with Crippen LogP contribution in [0, 0.1) is 5.92 Å². The lowest BCUT2D eigenvalue weighted by atomic mass is 10.1. The second-order valence-electron chi connectivity index (χ2n) is 4.39. The van der Waals surface area contributed by atoms with E-state index in [0.29, 0.717) is 6.61 Å². The minimum absolute atomic E-state index is 0.0692. The maximum atomic E-state index is 11.4. The van der Waals surface area contributed by atoms with Crippen LogP contribution in [0.15, 0.2) is 0 Å². The Labute approximate surface area is 103 Å². The summed E-state index contributed by atoms with van der Waals surface area (Å²) in [5, 5.41) is 11.3. The fourth-order valence-corrected chi connectivity index (χ4v) is 1.35. The number of unbranched alkanes of at least 4 members (excludes halogenated alkanes) is 2. The molecule has 0 aromatic rings. The van der Waals surface area contributed by atoms with Crippen LogP contribution in [0.3, 0.4) is 0 Å². The van der Waals surface area contributed by atoms with Gasteiger partial charge in [0.25, 0.3) is 0 Å². The number of hydrogen-bond donors (Lipinski definition) is 2. The van der Waals surface area contributed by atoms with Crippen LogP contribution in [0.4, 0.5) is 0 Å². The zero-order valence-corrected chi connectivity index (χ0v) is 10.9. The molecule has 0 rings (SSSR count). The standard InChI is InChI=1S/C12H23NO4/c1-4-5-6-7-17-8-10(14)13-11(9(2)3)12(15)16/h9,11H,4-8H2,1-3H3,(H,13,14)(H,15,16)/t11-/m1/s1. The molecule has 0 spiro atoms. The summed E-state index contributed by atoms with van der Waals surface area (Å²) in [7, 11) is 0. The van der Waals surface area contributed by atoms with Crippen molar-refractivity contribution in [2.75, 3.05) is 13.2 Å². The molecule has 100 valence electrons. The molecule has 1 amide bonds. The Kier molecular flexibility index (Phi) is 8.40. The van der Waals surface area contributed by atoms with Crippen LogP contribution < -0.4 is 5.32 Å². The van der Waals surface area contributed by atoms with Gasteiger partial charge in [-0.25, -0.2) is 4.79 Å². The van der Waals surface area contributed by atoms with Crippen molar-refractivity contribution in [1.29, 1.82) is 0 Å². The Morgan fingerprint density at radius 3 is 2.41 bits per heavy atom. The second-order valence-corrected chi connectivity index (χ2v) is 4.39. The van der Waals surface area contributed by atoms with Gasteiger partial charge in [-0.1, -0.05) is 33.6 Å². The third-order valence-corrected chi connectivity index (χ3v) is 2.37. The summed E-state index contributed by atoms with van der Waals surface area (Å²) in [6.07, 6.45) is 3.10. The van der Waals surface area contributed by atoms with Crippen LogP contribution in [0.5, 0.6) is 0 Å². The largest absolute Gasteiger partial charge is 0.480 e. The van der Waals surface area contributed by atoms with E-state index < -0.39 is 12.0 Å². The molecular weight excluding hydrogens is 222 g/mol. The van der Waals surface area contributed by atoms with Crippen molar-refractivity contribution in [2.45, 2.75) is 46.1 Å². The molecule has 5 nitrogen and oxygen atoms in total. The highest BCUT2D eigenvalue weighted by atomic mass is 16.5. The van der Waals surface area contributed by atoms with E-state index in [2.05, 4.69) is 12.2 Å². The van der Waals surface area contributed by atoms with Gasteiger partial charge in [0.15, 0.2) is 0 Å². The summed E-state index contributed by atoms with van der Waals surface area (Å²) in [4.78, 5) is 22.2. The van der Waals surface area contributed by atoms with E-state index in [-0.39, 0.29) is 18.4 Å². The summed E-state index contributed by atoms with van der Waals surface area (Å²) in [6, 6.07) is -0.846. The van der Waals surface area contributed by atoms with Crippen LogP contribution in [0.1, 0.15) is 40.0 Å². The van der Waals surface area contributed by atoms with Crippen LogP contribution in [0.25, 0.3) is 0 Å². The predicted octanol–water partition coefficient (Wildman–Crippen LogP) is 1.42. The van der Waals surface area contributed by atoms with Crippen molar-refractivity contribution in [3.8, 4) is 0 Å². The van der Waals surface area contributed by atoms with E-state index in [1.807, 2.05) is 0 Å². The van der Waals surface area contributed by atoms with E-state index in [1.165, 1.54) is 0 Å². The Morgan fingerprint density at radius 2 is 1.94 bits per heavy atom. The Bertz CT molecular complexity index is 241. The number of carbonyl (C=O) groups is 2. The van der Waals surface area contributed by atoms with Crippen molar-refractivity contribution < 1.29 is 19.4 Å². The van der Waals surface area contributed by atoms with Crippen molar-refractivity contribution in [3.63, 3.8) is 0 Å². The molecule has 5 heteroatoms. The molecule has 0 fully saturated rings. The quantitative estimate of drug-likeness (QED) is 0.602. The van der Waals surface area contributed by atoms with E-state index in [9.17, 15) is 9.59 Å². The molecule has 0 heterocycles. The molecule has 1 atom stereocenters. The smallest absolute Gasteiger partial charge is 0.326 e. The topological polar surface area (TPSA) is 75.6 Å². The lowest BCUT2D eigenvalue weighted by Crippen LogP contribution is -2.45. The van der Waals surface area contributed by atoms with Gasteiger partial charge >= 0.3 is 5.97 Å². The van der Waals surface area contributed by atoms with Gasteiger partial charge in [0.05, 0.1) is 0 Å². The van der Waals surface area contributed by atoms with Gasteiger partial charge < -0.3 is 15.2 Å². The molecule has 0 aliphatic heterocycles. The number of nitrogens with one attached hydrogen (secondary N) is 1. The Morgan fingerprint density at radius 1 is 1.29 bits per heavy atom. The minimum Gasteiger partial charge on any atom is -0.480 e. The highest BCUT2D eigenvalue weighted by Gasteiger charge is 2.23. The van der Waals surface area contributed by atoms with Gasteiger partial charge in [0.1, 0.15) is 12.6 Å². The van der Waals surface area contributed by atoms with Gasteiger partial charge in [-0.2, -0.15) is 0 Å². The van der Waals surface area contributed by atoms with E-state index in [1.54, 1.807) is 13.8 Å². The molecule has 0 aromatic carbocycles. The normalized spacial score (nSPS) is 12.5. The number of amides is 1. The fraction of sp³-hybridized carbons (Fsp3) is 0.833. The summed E-state index contributed by atoms with van der Waals surface area (Å²) < 4.78 is 5.15. The van der Waals surface area contributed by atoms with Gasteiger partial charge in [0.2, 0.25) is 5.91 Å².